The second kappa shape index (κ2) is 5.89. The van der Waals surface area contributed by atoms with E-state index in [2.05, 4.69) is 0 Å². The summed E-state index contributed by atoms with van der Waals surface area (Å²) in [6, 6.07) is 7.68. The fourth-order valence-electron chi connectivity index (χ4n) is 2.54. The Morgan fingerprint density at radius 2 is 2.17 bits per heavy atom. The molecule has 2 rings (SSSR count). The van der Waals surface area contributed by atoms with Crippen molar-refractivity contribution >= 4 is 5.97 Å². The van der Waals surface area contributed by atoms with Crippen molar-refractivity contribution in [2.75, 3.05) is 7.11 Å². The molecule has 0 aromatic heterocycles. The molecular formula is C15H20O3. The lowest BCUT2D eigenvalue weighted by atomic mass is 9.77. The number of rotatable bonds is 6. The highest BCUT2D eigenvalue weighted by molar-refractivity contribution is 5.70. The average Bonchev–Trinajstić information content (AvgIpc) is 2.32. The van der Waals surface area contributed by atoms with E-state index in [0.717, 1.165) is 17.7 Å². The van der Waals surface area contributed by atoms with Crippen molar-refractivity contribution in [3.8, 4) is 5.75 Å². The third kappa shape index (κ3) is 3.03. The summed E-state index contributed by atoms with van der Waals surface area (Å²) in [6.45, 7) is 0. The third-order valence-corrected chi connectivity index (χ3v) is 3.85. The molecule has 3 nitrogen and oxygen atoms in total. The third-order valence-electron chi connectivity index (χ3n) is 3.85. The first-order valence-corrected chi connectivity index (χ1v) is 6.55. The van der Waals surface area contributed by atoms with E-state index in [1.54, 1.807) is 7.11 Å². The number of methoxy groups -OCH3 is 1. The van der Waals surface area contributed by atoms with Gasteiger partial charge in [0, 0.05) is 0 Å². The molecule has 1 aliphatic rings. The van der Waals surface area contributed by atoms with Gasteiger partial charge in [0.05, 0.1) is 13.0 Å². The maximum Gasteiger partial charge on any atom is 0.306 e. The Morgan fingerprint density at radius 1 is 1.44 bits per heavy atom. The Balaban J connectivity index is 2.05. The topological polar surface area (TPSA) is 46.5 Å². The maximum absolute atomic E-state index is 11.3. The predicted octanol–water partition coefficient (Wildman–Crippen LogP) is 3.13. The largest absolute Gasteiger partial charge is 0.496 e. The second-order valence-corrected chi connectivity index (χ2v) is 5.08. The zero-order valence-corrected chi connectivity index (χ0v) is 10.8. The van der Waals surface area contributed by atoms with Gasteiger partial charge in [-0.2, -0.15) is 0 Å². The number of carbonyl (C=O) groups is 1. The fourth-order valence-corrected chi connectivity index (χ4v) is 2.54. The molecule has 0 saturated heterocycles. The molecule has 0 spiro atoms. The Labute approximate surface area is 108 Å². The summed E-state index contributed by atoms with van der Waals surface area (Å²) in [4.78, 5) is 11.3. The van der Waals surface area contributed by atoms with Crippen LogP contribution in [0.2, 0.25) is 0 Å². The van der Waals surface area contributed by atoms with Gasteiger partial charge in [-0.15, -0.1) is 0 Å². The molecule has 0 radical (unpaired) electrons. The minimum absolute atomic E-state index is 0.286. The van der Waals surface area contributed by atoms with E-state index in [1.807, 2.05) is 24.3 Å². The number of hydrogen-bond acceptors (Lipinski definition) is 2. The summed E-state index contributed by atoms with van der Waals surface area (Å²) in [7, 11) is 1.63. The zero-order chi connectivity index (χ0) is 13.0. The molecule has 1 atom stereocenters. The van der Waals surface area contributed by atoms with Crippen molar-refractivity contribution in [2.45, 2.75) is 32.1 Å². The molecule has 1 N–H and O–H groups in total. The molecule has 18 heavy (non-hydrogen) atoms. The highest BCUT2D eigenvalue weighted by Gasteiger charge is 2.27. The number of hydrogen-bond donors (Lipinski definition) is 1. The molecule has 1 fully saturated rings. The highest BCUT2D eigenvalue weighted by Crippen LogP contribution is 2.34. The molecule has 0 aliphatic heterocycles. The summed E-state index contributed by atoms with van der Waals surface area (Å²) < 4.78 is 5.28. The second-order valence-electron chi connectivity index (χ2n) is 5.08. The van der Waals surface area contributed by atoms with Gasteiger partial charge >= 0.3 is 5.97 Å². The van der Waals surface area contributed by atoms with E-state index in [1.165, 1.54) is 19.3 Å². The van der Waals surface area contributed by atoms with Crippen LogP contribution in [-0.4, -0.2) is 18.2 Å². The van der Waals surface area contributed by atoms with Gasteiger partial charge < -0.3 is 9.84 Å². The van der Waals surface area contributed by atoms with Crippen LogP contribution >= 0.6 is 0 Å². The van der Waals surface area contributed by atoms with E-state index >= 15 is 0 Å². The predicted molar refractivity (Wildman–Crippen MR) is 69.8 cm³/mol. The Kier molecular flexibility index (Phi) is 4.24. The number of aliphatic carboxylic acids is 1. The molecule has 0 bridgehead atoms. The van der Waals surface area contributed by atoms with Crippen LogP contribution in [0, 0.1) is 11.8 Å². The molecule has 0 amide bonds. The van der Waals surface area contributed by atoms with Gasteiger partial charge in [0.2, 0.25) is 0 Å². The number of carboxylic acid groups (broad SMARTS) is 1. The average molecular weight is 248 g/mol. The SMILES string of the molecule is COc1ccccc1CC(CC1CCC1)C(=O)O. The lowest BCUT2D eigenvalue weighted by molar-refractivity contribution is -0.142. The van der Waals surface area contributed by atoms with Crippen LogP contribution < -0.4 is 4.74 Å². The van der Waals surface area contributed by atoms with Crippen molar-refractivity contribution < 1.29 is 14.6 Å². The van der Waals surface area contributed by atoms with Gasteiger partial charge in [-0.25, -0.2) is 0 Å². The number of benzene rings is 1. The van der Waals surface area contributed by atoms with Gasteiger partial charge in [-0.1, -0.05) is 37.5 Å². The highest BCUT2D eigenvalue weighted by atomic mass is 16.5. The maximum atomic E-state index is 11.3. The standard InChI is InChI=1S/C15H20O3/c1-18-14-8-3-2-7-12(14)10-13(15(16)17)9-11-5-4-6-11/h2-3,7-8,11,13H,4-6,9-10H2,1H3,(H,16,17). The van der Waals surface area contributed by atoms with Crippen LogP contribution in [0.3, 0.4) is 0 Å². The first-order valence-electron chi connectivity index (χ1n) is 6.55. The van der Waals surface area contributed by atoms with E-state index in [0.29, 0.717) is 12.3 Å². The van der Waals surface area contributed by atoms with Gasteiger partial charge in [-0.3, -0.25) is 4.79 Å². The first kappa shape index (κ1) is 12.9. The molecule has 98 valence electrons. The monoisotopic (exact) mass is 248 g/mol. The quantitative estimate of drug-likeness (QED) is 0.841. The van der Waals surface area contributed by atoms with E-state index in [4.69, 9.17) is 4.74 Å². The Hall–Kier alpha value is -1.51. The van der Waals surface area contributed by atoms with E-state index in [-0.39, 0.29) is 5.92 Å². The first-order chi connectivity index (χ1) is 8.70. The Morgan fingerprint density at radius 3 is 2.72 bits per heavy atom. The van der Waals surface area contributed by atoms with Crippen LogP contribution in [0.1, 0.15) is 31.2 Å². The van der Waals surface area contributed by atoms with Crippen molar-refractivity contribution in [1.82, 2.24) is 0 Å². The van der Waals surface area contributed by atoms with Crippen LogP contribution in [0.25, 0.3) is 0 Å². The van der Waals surface area contributed by atoms with Gasteiger partial charge in [0.25, 0.3) is 0 Å². The molecule has 0 heterocycles. The normalized spacial score (nSPS) is 16.9. The van der Waals surface area contributed by atoms with Gasteiger partial charge in [-0.05, 0) is 30.4 Å². The fraction of sp³-hybridized carbons (Fsp3) is 0.533. The van der Waals surface area contributed by atoms with Crippen LogP contribution in [0.5, 0.6) is 5.75 Å². The number of carboxylic acids is 1. The summed E-state index contributed by atoms with van der Waals surface area (Å²) in [5.41, 5.74) is 0.992. The molecular weight excluding hydrogens is 228 g/mol. The summed E-state index contributed by atoms with van der Waals surface area (Å²) in [5, 5.41) is 9.33. The number of para-hydroxylation sites is 1. The van der Waals surface area contributed by atoms with E-state index < -0.39 is 5.97 Å². The Bertz CT molecular complexity index is 410. The molecule has 1 aliphatic carbocycles. The lowest BCUT2D eigenvalue weighted by Crippen LogP contribution is -2.23. The van der Waals surface area contributed by atoms with Crippen LogP contribution in [0.4, 0.5) is 0 Å². The van der Waals surface area contributed by atoms with Crippen molar-refractivity contribution in [1.29, 1.82) is 0 Å². The van der Waals surface area contributed by atoms with Crippen LogP contribution in [0.15, 0.2) is 24.3 Å². The van der Waals surface area contributed by atoms with Crippen LogP contribution in [-0.2, 0) is 11.2 Å². The molecule has 1 unspecified atom stereocenters. The molecule has 1 saturated carbocycles. The van der Waals surface area contributed by atoms with Gasteiger partial charge in [0.1, 0.15) is 5.75 Å². The number of ether oxygens (including phenoxy) is 1. The van der Waals surface area contributed by atoms with Gasteiger partial charge in [0.15, 0.2) is 0 Å². The summed E-state index contributed by atoms with van der Waals surface area (Å²) in [6.07, 6.45) is 5.00. The van der Waals surface area contributed by atoms with E-state index in [9.17, 15) is 9.90 Å². The summed E-state index contributed by atoms with van der Waals surface area (Å²) in [5.74, 6) is 0.428. The van der Waals surface area contributed by atoms with Crippen molar-refractivity contribution in [3.05, 3.63) is 29.8 Å². The summed E-state index contributed by atoms with van der Waals surface area (Å²) >= 11 is 0. The molecule has 1 aromatic carbocycles. The lowest BCUT2D eigenvalue weighted by Gasteiger charge is -2.28. The molecule has 3 heteroatoms. The minimum Gasteiger partial charge on any atom is -0.496 e. The zero-order valence-electron chi connectivity index (χ0n) is 10.8. The smallest absolute Gasteiger partial charge is 0.306 e. The van der Waals surface area contributed by atoms with Crippen molar-refractivity contribution in [3.63, 3.8) is 0 Å². The minimum atomic E-state index is -0.687. The molecule has 1 aromatic rings. The van der Waals surface area contributed by atoms with Crippen molar-refractivity contribution in [2.24, 2.45) is 11.8 Å².